The monoisotopic (exact) mass is 590 g/mol. The fourth-order valence-corrected chi connectivity index (χ4v) is 7.37. The van der Waals surface area contributed by atoms with Gasteiger partial charge in [0.2, 0.25) is 5.91 Å². The van der Waals surface area contributed by atoms with Gasteiger partial charge in [0, 0.05) is 41.8 Å². The Hall–Kier alpha value is -3.42. The largest absolute Gasteiger partial charge is 0.417 e. The molecular weight excluding hydrogens is 564 g/mol. The summed E-state index contributed by atoms with van der Waals surface area (Å²) in [6.07, 6.45) is -3.54. The molecule has 41 heavy (non-hydrogen) atoms. The van der Waals surface area contributed by atoms with Crippen LogP contribution in [0.4, 0.5) is 23.4 Å². The molecule has 4 heterocycles. The predicted molar refractivity (Wildman–Crippen MR) is 146 cm³/mol. The van der Waals surface area contributed by atoms with Crippen LogP contribution in [-0.2, 0) is 20.4 Å². The molecule has 2 saturated heterocycles. The van der Waals surface area contributed by atoms with Gasteiger partial charge in [-0.1, -0.05) is 18.7 Å². The smallest absolute Gasteiger partial charge is 0.383 e. The third kappa shape index (κ3) is 4.69. The van der Waals surface area contributed by atoms with Gasteiger partial charge in [0.1, 0.15) is 11.6 Å². The van der Waals surface area contributed by atoms with Crippen LogP contribution in [0.5, 0.6) is 0 Å². The number of benzene rings is 2. The number of hydrogen-bond donors (Lipinski definition) is 0. The van der Waals surface area contributed by atoms with Gasteiger partial charge in [0.25, 0.3) is 0 Å². The molecule has 3 atom stereocenters. The minimum atomic E-state index is -4.76. The molecule has 0 aliphatic carbocycles. The summed E-state index contributed by atoms with van der Waals surface area (Å²) in [5.74, 6) is -0.418. The van der Waals surface area contributed by atoms with E-state index in [-0.39, 0.29) is 71.8 Å². The molecular formula is C28H26F4N4O4S. The standard InChI is InChI=1S/C28H26F4N4O4S/c1-3-22(37)34-9-17-12-40-13-18(10-34)35(17)26-20-8-21(28(30,31)32)23(15-4-6-16(29)7-5-15)25-24(20)36(27(38)33-26)19(11-39-2)14-41-25/h3-8,17-19H,1,9-14H2,2H3/t17?,18?,19-/m0/s1. The van der Waals surface area contributed by atoms with Crippen LogP contribution in [0.2, 0.25) is 0 Å². The van der Waals surface area contributed by atoms with Gasteiger partial charge in [-0.25, -0.2) is 9.18 Å². The number of carbonyl (C=O) groups is 1. The average Bonchev–Trinajstić information content (AvgIpc) is 2.94. The van der Waals surface area contributed by atoms with Crippen molar-refractivity contribution in [2.45, 2.75) is 29.2 Å². The van der Waals surface area contributed by atoms with Crippen molar-refractivity contribution in [1.29, 1.82) is 0 Å². The first-order chi connectivity index (χ1) is 19.6. The van der Waals surface area contributed by atoms with E-state index in [2.05, 4.69) is 11.6 Å². The van der Waals surface area contributed by atoms with E-state index < -0.39 is 41.4 Å². The molecule has 2 fully saturated rings. The van der Waals surface area contributed by atoms with Gasteiger partial charge in [-0.3, -0.25) is 9.36 Å². The molecule has 2 aromatic carbocycles. The van der Waals surface area contributed by atoms with Crippen molar-refractivity contribution in [1.82, 2.24) is 14.5 Å². The Morgan fingerprint density at radius 2 is 1.90 bits per heavy atom. The van der Waals surface area contributed by atoms with Crippen LogP contribution in [0.25, 0.3) is 22.0 Å². The number of aromatic nitrogens is 2. The number of anilines is 1. The number of fused-ring (bicyclic) bond motifs is 2. The topological polar surface area (TPSA) is 76.9 Å². The number of thioether (sulfide) groups is 1. The zero-order chi connectivity index (χ0) is 29.1. The second-order valence-electron chi connectivity index (χ2n) is 10.2. The Labute approximate surface area is 236 Å². The Morgan fingerprint density at radius 3 is 2.51 bits per heavy atom. The molecule has 0 radical (unpaired) electrons. The number of rotatable bonds is 5. The summed E-state index contributed by atoms with van der Waals surface area (Å²) in [4.78, 5) is 34.2. The van der Waals surface area contributed by atoms with Crippen molar-refractivity contribution < 1.29 is 31.8 Å². The van der Waals surface area contributed by atoms with Crippen LogP contribution >= 0.6 is 11.8 Å². The molecule has 216 valence electrons. The highest BCUT2D eigenvalue weighted by Gasteiger charge is 2.43. The molecule has 6 rings (SSSR count). The van der Waals surface area contributed by atoms with Crippen LogP contribution in [0.3, 0.4) is 0 Å². The number of morpholine rings is 1. The van der Waals surface area contributed by atoms with Crippen LogP contribution in [0.15, 0.2) is 52.7 Å². The zero-order valence-electron chi connectivity index (χ0n) is 22.0. The van der Waals surface area contributed by atoms with Crippen LogP contribution in [-0.4, -0.2) is 78.2 Å². The Bertz CT molecular complexity index is 1580. The van der Waals surface area contributed by atoms with E-state index in [1.165, 1.54) is 41.6 Å². The van der Waals surface area contributed by atoms with Crippen molar-refractivity contribution in [3.8, 4) is 11.1 Å². The van der Waals surface area contributed by atoms with Crippen molar-refractivity contribution >= 4 is 34.4 Å². The van der Waals surface area contributed by atoms with Gasteiger partial charge in [0.15, 0.2) is 0 Å². The number of nitrogens with zero attached hydrogens (tertiary/aromatic N) is 4. The van der Waals surface area contributed by atoms with Crippen LogP contribution in [0, 0.1) is 5.82 Å². The van der Waals surface area contributed by atoms with E-state index in [4.69, 9.17) is 9.47 Å². The maximum absolute atomic E-state index is 14.8. The van der Waals surface area contributed by atoms with Crippen molar-refractivity contribution in [3.05, 3.63) is 64.9 Å². The van der Waals surface area contributed by atoms with E-state index in [9.17, 15) is 27.2 Å². The molecule has 13 heteroatoms. The second-order valence-corrected chi connectivity index (χ2v) is 11.3. The fourth-order valence-electron chi connectivity index (χ4n) is 6.05. The van der Waals surface area contributed by atoms with Gasteiger partial charge in [-0.2, -0.15) is 18.2 Å². The minimum absolute atomic E-state index is 0.110. The molecule has 0 saturated carbocycles. The lowest BCUT2D eigenvalue weighted by molar-refractivity contribution is -0.137. The molecule has 0 N–H and O–H groups in total. The number of ether oxygens (including phenoxy) is 2. The minimum Gasteiger partial charge on any atom is -0.383 e. The highest BCUT2D eigenvalue weighted by atomic mass is 32.2. The molecule has 2 bridgehead atoms. The normalized spacial score (nSPS) is 22.2. The number of hydrogen-bond acceptors (Lipinski definition) is 7. The molecule has 1 amide bonds. The predicted octanol–water partition coefficient (Wildman–Crippen LogP) is 4.12. The van der Waals surface area contributed by atoms with Gasteiger partial charge in [-0.05, 0) is 29.8 Å². The van der Waals surface area contributed by atoms with Gasteiger partial charge in [0.05, 0.1) is 49.0 Å². The number of alkyl halides is 3. The third-order valence-corrected chi connectivity index (χ3v) is 8.97. The SMILES string of the molecule is C=CC(=O)N1CC2COCC(C1)N2c1nc(=O)n2c3c(c(-c4ccc(F)cc4)c(C(F)(F)F)cc13)SC[C@@H]2COC. The Kier molecular flexibility index (Phi) is 7.07. The summed E-state index contributed by atoms with van der Waals surface area (Å²) in [5, 5.41) is 0.173. The molecule has 3 aromatic rings. The molecule has 3 aliphatic rings. The lowest BCUT2D eigenvalue weighted by Crippen LogP contribution is -2.66. The van der Waals surface area contributed by atoms with E-state index in [1.807, 2.05) is 4.90 Å². The summed E-state index contributed by atoms with van der Waals surface area (Å²) in [5.41, 5.74) is -1.10. The average molecular weight is 591 g/mol. The number of amides is 1. The first kappa shape index (κ1) is 27.7. The summed E-state index contributed by atoms with van der Waals surface area (Å²) in [6.45, 7) is 4.60. The summed E-state index contributed by atoms with van der Waals surface area (Å²) < 4.78 is 70.5. The van der Waals surface area contributed by atoms with E-state index in [1.54, 1.807) is 4.90 Å². The summed E-state index contributed by atoms with van der Waals surface area (Å²) in [7, 11) is 1.49. The number of methoxy groups -OCH3 is 1. The van der Waals surface area contributed by atoms with Crippen LogP contribution < -0.4 is 10.6 Å². The number of piperazine rings is 1. The molecule has 0 spiro atoms. The van der Waals surface area contributed by atoms with Gasteiger partial charge >= 0.3 is 11.9 Å². The maximum atomic E-state index is 14.8. The first-order valence-corrected chi connectivity index (χ1v) is 14.0. The van der Waals surface area contributed by atoms with E-state index >= 15 is 0 Å². The summed E-state index contributed by atoms with van der Waals surface area (Å²) in [6, 6.07) is 4.57. The highest BCUT2D eigenvalue weighted by Crippen LogP contribution is 2.50. The van der Waals surface area contributed by atoms with Crippen molar-refractivity contribution in [2.75, 3.05) is 50.7 Å². The van der Waals surface area contributed by atoms with Gasteiger partial charge in [-0.15, -0.1) is 11.8 Å². The number of carbonyl (C=O) groups excluding carboxylic acids is 1. The fraction of sp³-hybridized carbons (Fsp3) is 0.393. The van der Waals surface area contributed by atoms with E-state index in [0.29, 0.717) is 5.52 Å². The lowest BCUT2D eigenvalue weighted by Gasteiger charge is -2.50. The highest BCUT2D eigenvalue weighted by molar-refractivity contribution is 7.99. The molecule has 3 aliphatic heterocycles. The Balaban J connectivity index is 1.65. The molecule has 8 nitrogen and oxygen atoms in total. The van der Waals surface area contributed by atoms with Crippen LogP contribution in [0.1, 0.15) is 11.6 Å². The Morgan fingerprint density at radius 1 is 1.22 bits per heavy atom. The van der Waals surface area contributed by atoms with Crippen molar-refractivity contribution in [2.24, 2.45) is 0 Å². The quantitative estimate of drug-likeness (QED) is 0.327. The molecule has 1 aromatic heterocycles. The zero-order valence-corrected chi connectivity index (χ0v) is 22.8. The third-order valence-electron chi connectivity index (χ3n) is 7.73. The maximum Gasteiger partial charge on any atom is 0.417 e. The molecule has 2 unspecified atom stereocenters. The second kappa shape index (κ2) is 10.4. The lowest BCUT2D eigenvalue weighted by atomic mass is 9.95. The summed E-state index contributed by atoms with van der Waals surface area (Å²) >= 11 is 1.21. The van der Waals surface area contributed by atoms with Crippen molar-refractivity contribution in [3.63, 3.8) is 0 Å². The van der Waals surface area contributed by atoms with Gasteiger partial charge < -0.3 is 19.3 Å². The van der Waals surface area contributed by atoms with E-state index in [0.717, 1.165) is 18.2 Å². The number of halogens is 4. The first-order valence-electron chi connectivity index (χ1n) is 13.0.